The fraction of sp³-hybridized carbons (Fsp3) is 0.375. The number of rotatable bonds is 2. The maximum Gasteiger partial charge on any atom is 0.129 e. The zero-order chi connectivity index (χ0) is 14.0. The van der Waals surface area contributed by atoms with Crippen LogP contribution in [0.4, 0.5) is 0 Å². The summed E-state index contributed by atoms with van der Waals surface area (Å²) in [5.41, 5.74) is 14.1. The number of ether oxygens (including phenoxy) is 1. The van der Waals surface area contributed by atoms with E-state index >= 15 is 0 Å². The van der Waals surface area contributed by atoms with E-state index in [4.69, 9.17) is 16.2 Å². The molecule has 0 aromatic heterocycles. The van der Waals surface area contributed by atoms with Crippen LogP contribution in [0.3, 0.4) is 0 Å². The molecule has 1 fully saturated rings. The van der Waals surface area contributed by atoms with Gasteiger partial charge in [0.2, 0.25) is 0 Å². The fourth-order valence-corrected chi connectivity index (χ4v) is 2.83. The quantitative estimate of drug-likeness (QED) is 0.793. The van der Waals surface area contributed by atoms with Crippen LogP contribution in [-0.2, 0) is 4.74 Å². The average Bonchev–Trinajstić information content (AvgIpc) is 2.52. The first-order chi connectivity index (χ1) is 9.70. The van der Waals surface area contributed by atoms with Crippen molar-refractivity contribution in [2.45, 2.75) is 11.6 Å². The summed E-state index contributed by atoms with van der Waals surface area (Å²) in [5.74, 6) is 0.203. The zero-order valence-corrected chi connectivity index (χ0v) is 11.5. The van der Waals surface area contributed by atoms with Gasteiger partial charge in [-0.2, -0.15) is 0 Å². The first-order valence-electron chi connectivity index (χ1n) is 7.04. The van der Waals surface area contributed by atoms with Crippen molar-refractivity contribution >= 4 is 0 Å². The van der Waals surface area contributed by atoms with E-state index in [0.29, 0.717) is 13.2 Å². The Labute approximate surface area is 119 Å². The van der Waals surface area contributed by atoms with Gasteiger partial charge < -0.3 is 16.2 Å². The maximum atomic E-state index is 6.51. The van der Waals surface area contributed by atoms with Crippen LogP contribution in [0.5, 0.6) is 0 Å². The van der Waals surface area contributed by atoms with Crippen LogP contribution in [0, 0.1) is 0 Å². The molecule has 2 unspecified atom stereocenters. The van der Waals surface area contributed by atoms with Crippen molar-refractivity contribution in [3.8, 4) is 0 Å². The molecule has 20 heavy (non-hydrogen) atoms. The molecule has 4 heteroatoms. The van der Waals surface area contributed by atoms with E-state index in [2.05, 4.69) is 29.2 Å². The Morgan fingerprint density at radius 3 is 2.50 bits per heavy atom. The Bertz CT molecular complexity index is 520. The summed E-state index contributed by atoms with van der Waals surface area (Å²) in [4.78, 5) is 2.18. The molecule has 4 nitrogen and oxygen atoms in total. The van der Waals surface area contributed by atoms with Gasteiger partial charge in [-0.05, 0) is 11.6 Å². The molecular formula is C16H21N3O. The van der Waals surface area contributed by atoms with E-state index in [0.717, 1.165) is 18.8 Å². The SMILES string of the molecule is NC1=CC(c2ccccc2)C=CC1(N)N1CCOCC1. The van der Waals surface area contributed by atoms with E-state index < -0.39 is 5.66 Å². The smallest absolute Gasteiger partial charge is 0.129 e. The monoisotopic (exact) mass is 271 g/mol. The van der Waals surface area contributed by atoms with Crippen LogP contribution < -0.4 is 11.5 Å². The molecule has 0 amide bonds. The van der Waals surface area contributed by atoms with Gasteiger partial charge in [0, 0.05) is 24.7 Å². The van der Waals surface area contributed by atoms with Gasteiger partial charge in [0.25, 0.3) is 0 Å². The molecule has 0 bridgehead atoms. The Kier molecular flexibility index (Phi) is 3.61. The highest BCUT2D eigenvalue weighted by atomic mass is 16.5. The van der Waals surface area contributed by atoms with Crippen LogP contribution in [0.2, 0.25) is 0 Å². The molecule has 4 N–H and O–H groups in total. The molecule has 1 saturated heterocycles. The maximum absolute atomic E-state index is 6.51. The van der Waals surface area contributed by atoms with Gasteiger partial charge in [-0.1, -0.05) is 42.5 Å². The van der Waals surface area contributed by atoms with Crippen LogP contribution in [-0.4, -0.2) is 36.9 Å². The van der Waals surface area contributed by atoms with E-state index in [9.17, 15) is 0 Å². The minimum Gasteiger partial charge on any atom is -0.399 e. The Balaban J connectivity index is 1.83. The minimum absolute atomic E-state index is 0.203. The topological polar surface area (TPSA) is 64.5 Å². The second kappa shape index (κ2) is 5.40. The zero-order valence-electron chi connectivity index (χ0n) is 11.5. The van der Waals surface area contributed by atoms with E-state index in [1.165, 1.54) is 5.56 Å². The number of hydrogen-bond donors (Lipinski definition) is 2. The third-order valence-corrected chi connectivity index (χ3v) is 4.10. The highest BCUT2D eigenvalue weighted by Crippen LogP contribution is 2.30. The fourth-order valence-electron chi connectivity index (χ4n) is 2.83. The summed E-state index contributed by atoms with van der Waals surface area (Å²) < 4.78 is 5.38. The Hall–Kier alpha value is -1.62. The molecule has 0 saturated carbocycles. The van der Waals surface area contributed by atoms with Gasteiger partial charge >= 0.3 is 0 Å². The summed E-state index contributed by atoms with van der Waals surface area (Å²) in [6.45, 7) is 3.04. The third-order valence-electron chi connectivity index (χ3n) is 4.10. The van der Waals surface area contributed by atoms with Gasteiger partial charge in [0.15, 0.2) is 0 Å². The third kappa shape index (κ3) is 2.38. The van der Waals surface area contributed by atoms with Crippen molar-refractivity contribution in [3.05, 3.63) is 59.8 Å². The molecule has 0 spiro atoms. The molecule has 106 valence electrons. The Morgan fingerprint density at radius 2 is 1.85 bits per heavy atom. The van der Waals surface area contributed by atoms with Gasteiger partial charge in [0.05, 0.1) is 13.2 Å². The molecule has 0 radical (unpaired) electrons. The lowest BCUT2D eigenvalue weighted by Crippen LogP contribution is -2.61. The average molecular weight is 271 g/mol. The van der Waals surface area contributed by atoms with Crippen molar-refractivity contribution < 1.29 is 4.74 Å². The van der Waals surface area contributed by atoms with E-state index in [1.807, 2.05) is 24.3 Å². The van der Waals surface area contributed by atoms with E-state index in [1.54, 1.807) is 0 Å². The van der Waals surface area contributed by atoms with Gasteiger partial charge in [-0.3, -0.25) is 4.90 Å². The van der Waals surface area contributed by atoms with Crippen LogP contribution in [0.25, 0.3) is 0 Å². The normalized spacial score (nSPS) is 31.1. The molecule has 1 aromatic carbocycles. The molecule has 3 rings (SSSR count). The number of nitrogens with two attached hydrogens (primary N) is 2. The highest BCUT2D eigenvalue weighted by Gasteiger charge is 2.36. The van der Waals surface area contributed by atoms with Crippen molar-refractivity contribution in [1.82, 2.24) is 4.90 Å². The summed E-state index contributed by atoms with van der Waals surface area (Å²) >= 11 is 0. The van der Waals surface area contributed by atoms with Crippen LogP contribution >= 0.6 is 0 Å². The number of benzene rings is 1. The molecule has 1 heterocycles. The first-order valence-corrected chi connectivity index (χ1v) is 7.04. The van der Waals surface area contributed by atoms with Crippen LogP contribution in [0.1, 0.15) is 11.5 Å². The first kappa shape index (κ1) is 13.4. The van der Waals surface area contributed by atoms with E-state index in [-0.39, 0.29) is 5.92 Å². The second-order valence-electron chi connectivity index (χ2n) is 5.34. The number of nitrogens with zero attached hydrogens (tertiary/aromatic N) is 1. The number of morpholine rings is 1. The summed E-state index contributed by atoms with van der Waals surface area (Å²) in [7, 11) is 0. The second-order valence-corrected chi connectivity index (χ2v) is 5.34. The Morgan fingerprint density at radius 1 is 1.15 bits per heavy atom. The molecule has 1 aliphatic carbocycles. The predicted octanol–water partition coefficient (Wildman–Crippen LogP) is 1.17. The predicted molar refractivity (Wildman–Crippen MR) is 79.9 cm³/mol. The lowest BCUT2D eigenvalue weighted by Gasteiger charge is -2.43. The van der Waals surface area contributed by atoms with Crippen molar-refractivity contribution in [2.75, 3.05) is 26.3 Å². The molecule has 1 aromatic rings. The molecular weight excluding hydrogens is 250 g/mol. The molecule has 2 aliphatic rings. The number of allylic oxidation sites excluding steroid dienone is 2. The summed E-state index contributed by atoms with van der Waals surface area (Å²) in [6, 6.07) is 10.3. The molecule has 1 aliphatic heterocycles. The standard InChI is InChI=1S/C16H21N3O/c17-15-12-14(13-4-2-1-3-5-13)6-7-16(15,18)19-8-10-20-11-9-19/h1-7,12,14H,8-11,17-18H2. The summed E-state index contributed by atoms with van der Waals surface area (Å²) in [6.07, 6.45) is 6.23. The number of hydrogen-bond acceptors (Lipinski definition) is 4. The van der Waals surface area contributed by atoms with Crippen molar-refractivity contribution in [2.24, 2.45) is 11.5 Å². The highest BCUT2D eigenvalue weighted by molar-refractivity contribution is 5.39. The lowest BCUT2D eigenvalue weighted by molar-refractivity contribution is 0.00529. The van der Waals surface area contributed by atoms with Crippen molar-refractivity contribution in [3.63, 3.8) is 0 Å². The minimum atomic E-state index is -0.672. The van der Waals surface area contributed by atoms with Gasteiger partial charge in [-0.15, -0.1) is 0 Å². The van der Waals surface area contributed by atoms with Crippen LogP contribution in [0.15, 0.2) is 54.3 Å². The van der Waals surface area contributed by atoms with Gasteiger partial charge in [-0.25, -0.2) is 0 Å². The van der Waals surface area contributed by atoms with Gasteiger partial charge in [0.1, 0.15) is 5.66 Å². The largest absolute Gasteiger partial charge is 0.399 e. The van der Waals surface area contributed by atoms with Crippen molar-refractivity contribution in [1.29, 1.82) is 0 Å². The lowest BCUT2D eigenvalue weighted by atomic mass is 9.88. The summed E-state index contributed by atoms with van der Waals surface area (Å²) in [5, 5.41) is 0. The molecule has 2 atom stereocenters.